The van der Waals surface area contributed by atoms with Gasteiger partial charge in [0.2, 0.25) is 0 Å². The SMILES string of the molecule is Cc1ccc(C#Cc2nc3ccccc3s2)cc1. The molecular formula is C16H11NS. The fourth-order valence-electron chi connectivity index (χ4n) is 1.69. The first-order valence-electron chi connectivity index (χ1n) is 5.75. The van der Waals surface area contributed by atoms with Gasteiger partial charge in [-0.1, -0.05) is 35.7 Å². The second kappa shape index (κ2) is 4.64. The van der Waals surface area contributed by atoms with Crippen molar-refractivity contribution in [3.8, 4) is 11.8 Å². The third-order valence-corrected chi connectivity index (χ3v) is 3.61. The molecule has 1 aromatic heterocycles. The van der Waals surface area contributed by atoms with Crippen LogP contribution in [0, 0.1) is 18.8 Å². The van der Waals surface area contributed by atoms with Gasteiger partial charge in [-0.25, -0.2) is 4.98 Å². The molecule has 0 bridgehead atoms. The third-order valence-electron chi connectivity index (χ3n) is 2.66. The van der Waals surface area contributed by atoms with Gasteiger partial charge in [0.15, 0.2) is 5.01 Å². The van der Waals surface area contributed by atoms with Crippen LogP contribution in [0.5, 0.6) is 0 Å². The third kappa shape index (κ3) is 2.27. The van der Waals surface area contributed by atoms with Crippen LogP contribution >= 0.6 is 11.3 Å². The Labute approximate surface area is 110 Å². The first kappa shape index (κ1) is 11.0. The highest BCUT2D eigenvalue weighted by atomic mass is 32.1. The summed E-state index contributed by atoms with van der Waals surface area (Å²) in [5.41, 5.74) is 3.30. The molecule has 0 radical (unpaired) electrons. The fourth-order valence-corrected chi connectivity index (χ4v) is 2.51. The topological polar surface area (TPSA) is 12.9 Å². The number of hydrogen-bond acceptors (Lipinski definition) is 2. The number of thiazole rings is 1. The van der Waals surface area contributed by atoms with Crippen molar-refractivity contribution in [2.75, 3.05) is 0 Å². The molecule has 18 heavy (non-hydrogen) atoms. The van der Waals surface area contributed by atoms with Crippen LogP contribution in [-0.2, 0) is 0 Å². The monoisotopic (exact) mass is 249 g/mol. The molecule has 0 aliphatic heterocycles. The van der Waals surface area contributed by atoms with Crippen LogP contribution in [0.25, 0.3) is 10.2 Å². The minimum absolute atomic E-state index is 0.872. The Morgan fingerprint density at radius 1 is 0.944 bits per heavy atom. The molecule has 2 aromatic carbocycles. The maximum absolute atomic E-state index is 4.49. The number of aryl methyl sites for hydroxylation is 1. The van der Waals surface area contributed by atoms with Crippen molar-refractivity contribution in [1.29, 1.82) is 0 Å². The molecule has 0 aliphatic rings. The Balaban J connectivity index is 1.95. The molecule has 0 aliphatic carbocycles. The summed E-state index contributed by atoms with van der Waals surface area (Å²) in [6.45, 7) is 2.07. The smallest absolute Gasteiger partial charge is 0.168 e. The molecule has 0 atom stereocenters. The minimum atomic E-state index is 0.872. The predicted octanol–water partition coefficient (Wildman–Crippen LogP) is 4.00. The normalized spacial score (nSPS) is 10.1. The van der Waals surface area contributed by atoms with Crippen LogP contribution < -0.4 is 0 Å². The quantitative estimate of drug-likeness (QED) is 0.549. The number of nitrogens with zero attached hydrogens (tertiary/aromatic N) is 1. The summed E-state index contributed by atoms with van der Waals surface area (Å²) in [4.78, 5) is 4.49. The zero-order valence-electron chi connectivity index (χ0n) is 9.97. The van der Waals surface area contributed by atoms with Crippen LogP contribution in [0.3, 0.4) is 0 Å². The lowest BCUT2D eigenvalue weighted by Gasteiger charge is -1.90. The zero-order chi connectivity index (χ0) is 12.4. The van der Waals surface area contributed by atoms with E-state index in [4.69, 9.17) is 0 Å². The fraction of sp³-hybridized carbons (Fsp3) is 0.0625. The van der Waals surface area contributed by atoms with E-state index in [1.807, 2.05) is 30.3 Å². The lowest BCUT2D eigenvalue weighted by molar-refractivity contribution is 1.45. The molecule has 86 valence electrons. The van der Waals surface area contributed by atoms with Crippen LogP contribution in [0.4, 0.5) is 0 Å². The van der Waals surface area contributed by atoms with Crippen LogP contribution in [0.1, 0.15) is 16.1 Å². The van der Waals surface area contributed by atoms with Gasteiger partial charge in [0.05, 0.1) is 10.2 Å². The number of fused-ring (bicyclic) bond motifs is 1. The van der Waals surface area contributed by atoms with Crippen molar-refractivity contribution in [1.82, 2.24) is 4.98 Å². The second-order valence-electron chi connectivity index (χ2n) is 4.10. The molecule has 3 aromatic rings. The maximum Gasteiger partial charge on any atom is 0.168 e. The van der Waals surface area contributed by atoms with E-state index in [0.29, 0.717) is 0 Å². The Kier molecular flexibility index (Phi) is 2.84. The number of para-hydroxylation sites is 1. The average Bonchev–Trinajstić information content (AvgIpc) is 2.81. The van der Waals surface area contributed by atoms with Gasteiger partial charge < -0.3 is 0 Å². The largest absolute Gasteiger partial charge is 0.228 e. The molecule has 1 heterocycles. The first-order chi connectivity index (χ1) is 8.81. The van der Waals surface area contributed by atoms with E-state index in [9.17, 15) is 0 Å². The number of benzene rings is 2. The molecular weight excluding hydrogens is 238 g/mol. The summed E-state index contributed by atoms with van der Waals surface area (Å²) in [6, 6.07) is 16.3. The van der Waals surface area contributed by atoms with Crippen molar-refractivity contribution in [2.24, 2.45) is 0 Å². The summed E-state index contributed by atoms with van der Waals surface area (Å²) < 4.78 is 1.19. The van der Waals surface area contributed by atoms with Gasteiger partial charge in [0.25, 0.3) is 0 Å². The molecule has 0 saturated carbocycles. The standard InChI is InChI=1S/C16H11NS/c1-12-6-8-13(9-7-12)10-11-16-17-14-4-2-3-5-15(14)18-16/h2-9H,1H3. The van der Waals surface area contributed by atoms with Gasteiger partial charge in [-0.15, -0.1) is 11.3 Å². The lowest BCUT2D eigenvalue weighted by atomic mass is 10.2. The molecule has 0 N–H and O–H groups in total. The Hall–Kier alpha value is -2.11. The predicted molar refractivity (Wildman–Crippen MR) is 76.8 cm³/mol. The van der Waals surface area contributed by atoms with E-state index < -0.39 is 0 Å². The van der Waals surface area contributed by atoms with Gasteiger partial charge in [-0.05, 0) is 37.1 Å². The van der Waals surface area contributed by atoms with Gasteiger partial charge in [0, 0.05) is 5.56 Å². The van der Waals surface area contributed by atoms with E-state index in [2.05, 4.69) is 41.9 Å². The van der Waals surface area contributed by atoms with Crippen LogP contribution in [0.2, 0.25) is 0 Å². The molecule has 0 unspecified atom stereocenters. The van der Waals surface area contributed by atoms with E-state index >= 15 is 0 Å². The van der Waals surface area contributed by atoms with Crippen molar-refractivity contribution in [3.05, 3.63) is 64.7 Å². The number of aromatic nitrogens is 1. The van der Waals surface area contributed by atoms with Crippen molar-refractivity contribution in [2.45, 2.75) is 6.92 Å². The second-order valence-corrected chi connectivity index (χ2v) is 5.13. The van der Waals surface area contributed by atoms with E-state index in [0.717, 1.165) is 16.1 Å². The van der Waals surface area contributed by atoms with E-state index in [1.165, 1.54) is 10.3 Å². The molecule has 3 rings (SSSR count). The molecule has 0 fully saturated rings. The summed E-state index contributed by atoms with van der Waals surface area (Å²) in [5.74, 6) is 6.27. The van der Waals surface area contributed by atoms with Crippen molar-refractivity contribution < 1.29 is 0 Å². The molecule has 0 amide bonds. The van der Waals surface area contributed by atoms with Gasteiger partial charge in [0.1, 0.15) is 0 Å². The summed E-state index contributed by atoms with van der Waals surface area (Å²) in [7, 11) is 0. The number of hydrogen-bond donors (Lipinski definition) is 0. The lowest BCUT2D eigenvalue weighted by Crippen LogP contribution is -1.76. The van der Waals surface area contributed by atoms with Gasteiger partial charge in [-0.3, -0.25) is 0 Å². The zero-order valence-corrected chi connectivity index (χ0v) is 10.8. The highest BCUT2D eigenvalue weighted by Crippen LogP contribution is 2.20. The highest BCUT2D eigenvalue weighted by Gasteiger charge is 1.99. The van der Waals surface area contributed by atoms with Crippen molar-refractivity contribution in [3.63, 3.8) is 0 Å². The van der Waals surface area contributed by atoms with E-state index in [-0.39, 0.29) is 0 Å². The van der Waals surface area contributed by atoms with E-state index in [1.54, 1.807) is 11.3 Å². The van der Waals surface area contributed by atoms with Crippen molar-refractivity contribution >= 4 is 21.6 Å². The van der Waals surface area contributed by atoms with Crippen LogP contribution in [-0.4, -0.2) is 4.98 Å². The molecule has 0 saturated heterocycles. The maximum atomic E-state index is 4.49. The summed E-state index contributed by atoms with van der Waals surface area (Å²) >= 11 is 1.63. The van der Waals surface area contributed by atoms with Gasteiger partial charge in [-0.2, -0.15) is 0 Å². The molecule has 2 heteroatoms. The summed E-state index contributed by atoms with van der Waals surface area (Å²) in [5, 5.41) is 0.872. The van der Waals surface area contributed by atoms with Gasteiger partial charge >= 0.3 is 0 Å². The average molecular weight is 249 g/mol. The molecule has 0 spiro atoms. The minimum Gasteiger partial charge on any atom is -0.228 e. The van der Waals surface area contributed by atoms with Crippen LogP contribution in [0.15, 0.2) is 48.5 Å². The number of rotatable bonds is 0. The first-order valence-corrected chi connectivity index (χ1v) is 6.57. The summed E-state index contributed by atoms with van der Waals surface area (Å²) in [6.07, 6.45) is 0. The Bertz CT molecular complexity index is 709. The molecule has 1 nitrogen and oxygen atoms in total. The Morgan fingerprint density at radius 2 is 1.72 bits per heavy atom. The highest BCUT2D eigenvalue weighted by molar-refractivity contribution is 7.19. The Morgan fingerprint density at radius 3 is 2.50 bits per heavy atom.